The summed E-state index contributed by atoms with van der Waals surface area (Å²) in [7, 11) is 0. The van der Waals surface area contributed by atoms with Crippen molar-refractivity contribution in [2.75, 3.05) is 0 Å². The molecule has 0 radical (unpaired) electrons. The summed E-state index contributed by atoms with van der Waals surface area (Å²) >= 11 is 0. The van der Waals surface area contributed by atoms with Gasteiger partial charge in [0.1, 0.15) is 5.76 Å². The molecule has 3 heteroatoms. The first-order valence-corrected chi connectivity index (χ1v) is 5.65. The third-order valence-corrected chi connectivity index (χ3v) is 3.05. The fraction of sp³-hybridized carbons (Fsp3) is 0.308. The van der Waals surface area contributed by atoms with Gasteiger partial charge < -0.3 is 8.98 Å². The zero-order chi connectivity index (χ0) is 10.8. The summed E-state index contributed by atoms with van der Waals surface area (Å²) in [5.41, 5.74) is 2.70. The number of hydrogen-bond acceptors (Lipinski definition) is 2. The molecule has 0 saturated carbocycles. The summed E-state index contributed by atoms with van der Waals surface area (Å²) < 4.78 is 7.53. The Hall–Kier alpha value is -1.77. The predicted molar refractivity (Wildman–Crippen MR) is 61.9 cm³/mol. The number of allylic oxidation sites excluding steroid dienone is 2. The van der Waals surface area contributed by atoms with Crippen LogP contribution in [0.5, 0.6) is 0 Å². The Morgan fingerprint density at radius 3 is 3.31 bits per heavy atom. The Bertz CT molecular complexity index is 494. The standard InChI is InChI=1S/C13H14N2O/c1-2-11(4-7-15-8-6-14-10-15)12-5-9-16-13(12)3-1/h4-6,8-10H,1-3,7H2/b11-4+. The van der Waals surface area contributed by atoms with Crippen molar-refractivity contribution < 1.29 is 4.42 Å². The molecule has 0 unspecified atom stereocenters. The molecule has 2 heterocycles. The van der Waals surface area contributed by atoms with Gasteiger partial charge in [-0.1, -0.05) is 6.08 Å². The average molecular weight is 214 g/mol. The molecular formula is C13H14N2O. The summed E-state index contributed by atoms with van der Waals surface area (Å²) in [5.74, 6) is 1.14. The van der Waals surface area contributed by atoms with Crippen molar-refractivity contribution in [1.29, 1.82) is 0 Å². The third kappa shape index (κ3) is 1.69. The first kappa shape index (κ1) is 9.46. The Kier molecular flexibility index (Phi) is 2.37. The zero-order valence-corrected chi connectivity index (χ0v) is 9.10. The second kappa shape index (κ2) is 4.00. The molecule has 1 aliphatic carbocycles. The van der Waals surface area contributed by atoms with Crippen LogP contribution in [0.3, 0.4) is 0 Å². The fourth-order valence-corrected chi connectivity index (χ4v) is 2.22. The molecule has 0 saturated heterocycles. The largest absolute Gasteiger partial charge is 0.469 e. The molecule has 82 valence electrons. The highest BCUT2D eigenvalue weighted by Crippen LogP contribution is 2.31. The van der Waals surface area contributed by atoms with Gasteiger partial charge in [-0.25, -0.2) is 4.98 Å². The summed E-state index contributed by atoms with van der Waals surface area (Å²) in [5, 5.41) is 0. The lowest BCUT2D eigenvalue weighted by Crippen LogP contribution is -2.00. The smallest absolute Gasteiger partial charge is 0.111 e. The van der Waals surface area contributed by atoms with Crippen molar-refractivity contribution in [2.24, 2.45) is 0 Å². The number of furan rings is 1. The van der Waals surface area contributed by atoms with Crippen LogP contribution in [0.15, 0.2) is 41.5 Å². The molecule has 0 spiro atoms. The van der Waals surface area contributed by atoms with Crippen LogP contribution in [0.4, 0.5) is 0 Å². The van der Waals surface area contributed by atoms with Crippen molar-refractivity contribution in [3.8, 4) is 0 Å². The van der Waals surface area contributed by atoms with Crippen LogP contribution in [0.2, 0.25) is 0 Å². The molecule has 3 rings (SSSR count). The SMILES string of the molecule is C(/Cn1ccnc1)=C1/CCCc2occc21. The van der Waals surface area contributed by atoms with E-state index in [2.05, 4.69) is 21.7 Å². The minimum atomic E-state index is 0.889. The van der Waals surface area contributed by atoms with E-state index in [9.17, 15) is 0 Å². The first-order valence-electron chi connectivity index (χ1n) is 5.65. The Labute approximate surface area is 94.4 Å². The van der Waals surface area contributed by atoms with E-state index < -0.39 is 0 Å². The van der Waals surface area contributed by atoms with Gasteiger partial charge >= 0.3 is 0 Å². The molecule has 2 aromatic heterocycles. The molecule has 0 bridgehead atoms. The van der Waals surface area contributed by atoms with E-state index in [1.54, 1.807) is 6.26 Å². The fourth-order valence-electron chi connectivity index (χ4n) is 2.22. The molecule has 3 nitrogen and oxygen atoms in total. The summed E-state index contributed by atoms with van der Waals surface area (Å²) in [6, 6.07) is 2.08. The van der Waals surface area contributed by atoms with Gasteiger partial charge in [0.15, 0.2) is 0 Å². The van der Waals surface area contributed by atoms with Crippen molar-refractivity contribution in [1.82, 2.24) is 9.55 Å². The van der Waals surface area contributed by atoms with Gasteiger partial charge in [0.25, 0.3) is 0 Å². The van der Waals surface area contributed by atoms with E-state index in [0.29, 0.717) is 0 Å². The van der Waals surface area contributed by atoms with E-state index in [-0.39, 0.29) is 0 Å². The number of imidazole rings is 1. The van der Waals surface area contributed by atoms with Gasteiger partial charge in [-0.05, 0) is 24.5 Å². The maximum atomic E-state index is 5.46. The highest BCUT2D eigenvalue weighted by Gasteiger charge is 2.15. The van der Waals surface area contributed by atoms with E-state index in [0.717, 1.165) is 25.1 Å². The van der Waals surface area contributed by atoms with Crippen LogP contribution in [-0.2, 0) is 13.0 Å². The summed E-state index contributed by atoms with van der Waals surface area (Å²) in [6.45, 7) is 0.889. The molecule has 2 aromatic rings. The Morgan fingerprint density at radius 1 is 1.44 bits per heavy atom. The van der Waals surface area contributed by atoms with Gasteiger partial charge in [-0.2, -0.15) is 0 Å². The van der Waals surface area contributed by atoms with Gasteiger partial charge in [0.05, 0.1) is 12.6 Å². The van der Waals surface area contributed by atoms with Gasteiger partial charge in [0, 0.05) is 30.9 Å². The number of aromatic nitrogens is 2. The molecule has 16 heavy (non-hydrogen) atoms. The Morgan fingerprint density at radius 2 is 2.44 bits per heavy atom. The zero-order valence-electron chi connectivity index (χ0n) is 9.10. The number of fused-ring (bicyclic) bond motifs is 1. The second-order valence-electron chi connectivity index (χ2n) is 4.10. The Balaban J connectivity index is 1.84. The first-order chi connectivity index (χ1) is 7.93. The molecular weight excluding hydrogens is 200 g/mol. The van der Waals surface area contributed by atoms with E-state index in [1.807, 2.05) is 18.7 Å². The second-order valence-corrected chi connectivity index (χ2v) is 4.10. The van der Waals surface area contributed by atoms with Gasteiger partial charge in [0.2, 0.25) is 0 Å². The number of hydrogen-bond donors (Lipinski definition) is 0. The third-order valence-electron chi connectivity index (χ3n) is 3.05. The summed E-state index contributed by atoms with van der Waals surface area (Å²) in [6.07, 6.45) is 13.1. The molecule has 0 aliphatic heterocycles. The highest BCUT2D eigenvalue weighted by molar-refractivity contribution is 5.68. The lowest BCUT2D eigenvalue weighted by atomic mass is 9.93. The van der Waals surface area contributed by atoms with E-state index in [4.69, 9.17) is 4.42 Å². The van der Waals surface area contributed by atoms with Crippen molar-refractivity contribution in [2.45, 2.75) is 25.8 Å². The molecule has 0 aromatic carbocycles. The number of rotatable bonds is 2. The quantitative estimate of drug-likeness (QED) is 0.769. The van der Waals surface area contributed by atoms with Crippen molar-refractivity contribution >= 4 is 5.57 Å². The van der Waals surface area contributed by atoms with Crippen molar-refractivity contribution in [3.63, 3.8) is 0 Å². The normalized spacial score (nSPS) is 17.6. The van der Waals surface area contributed by atoms with Crippen molar-refractivity contribution in [3.05, 3.63) is 48.5 Å². The van der Waals surface area contributed by atoms with E-state index >= 15 is 0 Å². The summed E-state index contributed by atoms with van der Waals surface area (Å²) in [4.78, 5) is 4.04. The lowest BCUT2D eigenvalue weighted by Gasteiger charge is -2.13. The van der Waals surface area contributed by atoms with Crippen LogP contribution in [0, 0.1) is 0 Å². The molecule has 0 N–H and O–H groups in total. The molecule has 0 fully saturated rings. The monoisotopic (exact) mass is 214 g/mol. The van der Waals surface area contributed by atoms with E-state index in [1.165, 1.54) is 17.6 Å². The number of nitrogens with zero attached hydrogens (tertiary/aromatic N) is 2. The number of aryl methyl sites for hydroxylation is 1. The lowest BCUT2D eigenvalue weighted by molar-refractivity contribution is 0.496. The van der Waals surface area contributed by atoms with Gasteiger partial charge in [-0.3, -0.25) is 0 Å². The topological polar surface area (TPSA) is 31.0 Å². The van der Waals surface area contributed by atoms with Crippen LogP contribution >= 0.6 is 0 Å². The minimum absolute atomic E-state index is 0.889. The predicted octanol–water partition coefficient (Wildman–Crippen LogP) is 2.90. The molecule has 0 amide bonds. The van der Waals surface area contributed by atoms with Crippen LogP contribution < -0.4 is 0 Å². The minimum Gasteiger partial charge on any atom is -0.469 e. The molecule has 1 aliphatic rings. The maximum Gasteiger partial charge on any atom is 0.111 e. The molecule has 0 atom stereocenters. The van der Waals surface area contributed by atoms with Gasteiger partial charge in [-0.15, -0.1) is 0 Å². The van der Waals surface area contributed by atoms with Crippen LogP contribution in [0.1, 0.15) is 24.2 Å². The average Bonchev–Trinajstić information content (AvgIpc) is 2.97. The highest BCUT2D eigenvalue weighted by atomic mass is 16.3. The van der Waals surface area contributed by atoms with Crippen LogP contribution in [0.25, 0.3) is 5.57 Å². The maximum absolute atomic E-state index is 5.46. The van der Waals surface area contributed by atoms with Crippen LogP contribution in [-0.4, -0.2) is 9.55 Å².